The molecule has 3 nitrogen and oxygen atoms in total. The molecule has 0 spiro atoms. The van der Waals surface area contributed by atoms with E-state index >= 15 is 0 Å². The first-order valence-electron chi connectivity index (χ1n) is 6.90. The molecule has 0 fully saturated rings. The van der Waals surface area contributed by atoms with Crippen molar-refractivity contribution in [2.75, 3.05) is 19.7 Å². The Morgan fingerprint density at radius 3 is 1.75 bits per heavy atom. The van der Waals surface area contributed by atoms with Crippen molar-refractivity contribution in [3.05, 3.63) is 71.8 Å². The van der Waals surface area contributed by atoms with E-state index in [1.165, 1.54) is 11.1 Å². The molecule has 20 heavy (non-hydrogen) atoms. The molecular formula is C17H21NO2. The molecule has 0 amide bonds. The van der Waals surface area contributed by atoms with Crippen molar-refractivity contribution in [3.8, 4) is 0 Å². The molecule has 0 saturated heterocycles. The Kier molecular flexibility index (Phi) is 5.74. The lowest BCUT2D eigenvalue weighted by Gasteiger charge is -2.19. The van der Waals surface area contributed by atoms with E-state index in [0.717, 1.165) is 6.54 Å². The van der Waals surface area contributed by atoms with Crippen molar-refractivity contribution in [1.82, 2.24) is 5.32 Å². The van der Waals surface area contributed by atoms with Gasteiger partial charge in [0.25, 0.3) is 0 Å². The van der Waals surface area contributed by atoms with Gasteiger partial charge in [0.15, 0.2) is 0 Å². The summed E-state index contributed by atoms with van der Waals surface area (Å²) in [6.07, 6.45) is -0.706. The summed E-state index contributed by atoms with van der Waals surface area (Å²) >= 11 is 0. The van der Waals surface area contributed by atoms with Gasteiger partial charge >= 0.3 is 0 Å². The van der Waals surface area contributed by atoms with Crippen LogP contribution in [-0.4, -0.2) is 36.0 Å². The van der Waals surface area contributed by atoms with Crippen LogP contribution in [0.3, 0.4) is 0 Å². The van der Waals surface area contributed by atoms with Crippen LogP contribution in [0.4, 0.5) is 0 Å². The van der Waals surface area contributed by atoms with Crippen molar-refractivity contribution in [1.29, 1.82) is 0 Å². The first-order valence-corrected chi connectivity index (χ1v) is 6.90. The number of aliphatic hydroxyl groups excluding tert-OH is 2. The zero-order valence-corrected chi connectivity index (χ0v) is 11.4. The minimum Gasteiger partial charge on any atom is -0.394 e. The van der Waals surface area contributed by atoms with Crippen LogP contribution in [0.25, 0.3) is 0 Å². The minimum absolute atomic E-state index is 0.214. The maximum Gasteiger partial charge on any atom is 0.0894 e. The highest BCUT2D eigenvalue weighted by atomic mass is 16.3. The van der Waals surface area contributed by atoms with E-state index in [2.05, 4.69) is 29.6 Å². The number of hydrogen-bond acceptors (Lipinski definition) is 3. The summed E-state index contributed by atoms with van der Waals surface area (Å²) in [6.45, 7) is 0.909. The minimum atomic E-state index is -0.706. The Morgan fingerprint density at radius 2 is 1.30 bits per heavy atom. The van der Waals surface area contributed by atoms with Crippen molar-refractivity contribution < 1.29 is 10.2 Å². The summed E-state index contributed by atoms with van der Waals surface area (Å²) in [5, 5.41) is 21.5. The molecule has 0 aromatic heterocycles. The monoisotopic (exact) mass is 271 g/mol. The Bertz CT molecular complexity index is 447. The lowest BCUT2D eigenvalue weighted by atomic mass is 9.91. The average Bonchev–Trinajstić information content (AvgIpc) is 2.53. The van der Waals surface area contributed by atoms with Gasteiger partial charge in [-0.2, -0.15) is 0 Å². The topological polar surface area (TPSA) is 52.5 Å². The summed E-state index contributed by atoms with van der Waals surface area (Å²) in [7, 11) is 0. The van der Waals surface area contributed by atoms with Crippen LogP contribution < -0.4 is 5.32 Å². The van der Waals surface area contributed by atoms with Gasteiger partial charge in [-0.15, -0.1) is 0 Å². The third kappa shape index (κ3) is 4.17. The number of aliphatic hydroxyl groups is 2. The zero-order chi connectivity index (χ0) is 14.2. The number of nitrogens with one attached hydrogen (secondary N) is 1. The molecule has 106 valence electrons. The molecule has 3 N–H and O–H groups in total. The molecule has 0 heterocycles. The summed E-state index contributed by atoms with van der Waals surface area (Å²) in [5.74, 6) is 0.239. The highest BCUT2D eigenvalue weighted by Gasteiger charge is 2.13. The highest BCUT2D eigenvalue weighted by molar-refractivity contribution is 5.32. The van der Waals surface area contributed by atoms with Crippen LogP contribution in [0.15, 0.2) is 60.7 Å². The van der Waals surface area contributed by atoms with Crippen LogP contribution in [0.5, 0.6) is 0 Å². The van der Waals surface area contributed by atoms with Crippen LogP contribution in [0.2, 0.25) is 0 Å². The van der Waals surface area contributed by atoms with E-state index in [9.17, 15) is 5.11 Å². The van der Waals surface area contributed by atoms with E-state index in [4.69, 9.17) is 5.11 Å². The van der Waals surface area contributed by atoms with Gasteiger partial charge in [0.1, 0.15) is 0 Å². The summed E-state index contributed by atoms with van der Waals surface area (Å²) < 4.78 is 0. The fraction of sp³-hybridized carbons (Fsp3) is 0.294. The number of rotatable bonds is 7. The molecule has 0 radical (unpaired) electrons. The van der Waals surface area contributed by atoms with Gasteiger partial charge in [-0.3, -0.25) is 0 Å². The first-order chi connectivity index (χ1) is 9.81. The van der Waals surface area contributed by atoms with E-state index in [1.807, 2.05) is 36.4 Å². The molecule has 2 aromatic rings. The second-order valence-corrected chi connectivity index (χ2v) is 4.87. The van der Waals surface area contributed by atoms with E-state index in [0.29, 0.717) is 6.54 Å². The normalized spacial score (nSPS) is 12.6. The quantitative estimate of drug-likeness (QED) is 0.719. The third-order valence-electron chi connectivity index (χ3n) is 3.34. The van der Waals surface area contributed by atoms with Crippen molar-refractivity contribution in [2.24, 2.45) is 0 Å². The zero-order valence-electron chi connectivity index (χ0n) is 11.4. The number of benzene rings is 2. The van der Waals surface area contributed by atoms with Crippen molar-refractivity contribution >= 4 is 0 Å². The predicted octanol–water partition coefficient (Wildman–Crippen LogP) is 1.76. The Hall–Kier alpha value is -1.68. The van der Waals surface area contributed by atoms with E-state index in [-0.39, 0.29) is 12.5 Å². The van der Waals surface area contributed by atoms with E-state index < -0.39 is 6.10 Å². The van der Waals surface area contributed by atoms with E-state index in [1.54, 1.807) is 0 Å². The van der Waals surface area contributed by atoms with Gasteiger partial charge in [-0.25, -0.2) is 0 Å². The van der Waals surface area contributed by atoms with Crippen molar-refractivity contribution in [3.63, 3.8) is 0 Å². The smallest absolute Gasteiger partial charge is 0.0894 e. The average molecular weight is 271 g/mol. The molecule has 2 rings (SSSR count). The van der Waals surface area contributed by atoms with Gasteiger partial charge < -0.3 is 15.5 Å². The molecule has 2 aromatic carbocycles. The molecular weight excluding hydrogens is 250 g/mol. The maximum atomic E-state index is 9.40. The Morgan fingerprint density at radius 1 is 0.800 bits per heavy atom. The second kappa shape index (κ2) is 7.80. The van der Waals surface area contributed by atoms with Crippen LogP contribution in [0, 0.1) is 0 Å². The molecule has 1 atom stereocenters. The summed E-state index contributed by atoms with van der Waals surface area (Å²) in [4.78, 5) is 0. The largest absolute Gasteiger partial charge is 0.394 e. The van der Waals surface area contributed by atoms with Crippen molar-refractivity contribution in [2.45, 2.75) is 12.0 Å². The second-order valence-electron chi connectivity index (χ2n) is 4.87. The molecule has 0 bridgehead atoms. The fourth-order valence-corrected chi connectivity index (χ4v) is 2.26. The van der Waals surface area contributed by atoms with Crippen LogP contribution in [-0.2, 0) is 0 Å². The van der Waals surface area contributed by atoms with Gasteiger partial charge in [0.05, 0.1) is 12.7 Å². The Balaban J connectivity index is 2.09. The van der Waals surface area contributed by atoms with Crippen LogP contribution in [0.1, 0.15) is 17.0 Å². The first kappa shape index (κ1) is 14.7. The standard InChI is InChI=1S/C17H21NO2/c19-13-16(20)11-18-12-17(14-7-3-1-4-8-14)15-9-5-2-6-10-15/h1-10,16-20H,11-13H2. The highest BCUT2D eigenvalue weighted by Crippen LogP contribution is 2.23. The molecule has 0 saturated carbocycles. The lowest BCUT2D eigenvalue weighted by molar-refractivity contribution is 0.0944. The third-order valence-corrected chi connectivity index (χ3v) is 3.34. The molecule has 1 unspecified atom stereocenters. The Labute approximate surface area is 119 Å². The molecule has 0 aliphatic carbocycles. The van der Waals surface area contributed by atoms with Crippen LogP contribution >= 0.6 is 0 Å². The predicted molar refractivity (Wildman–Crippen MR) is 80.7 cm³/mol. The van der Waals surface area contributed by atoms with Gasteiger partial charge in [0, 0.05) is 19.0 Å². The van der Waals surface area contributed by atoms with Gasteiger partial charge in [0.2, 0.25) is 0 Å². The summed E-state index contributed by atoms with van der Waals surface area (Å²) in [5.41, 5.74) is 2.48. The number of hydrogen-bond donors (Lipinski definition) is 3. The van der Waals surface area contributed by atoms with Gasteiger partial charge in [-0.05, 0) is 11.1 Å². The maximum absolute atomic E-state index is 9.40. The molecule has 3 heteroatoms. The van der Waals surface area contributed by atoms with Gasteiger partial charge in [-0.1, -0.05) is 60.7 Å². The lowest BCUT2D eigenvalue weighted by Crippen LogP contribution is -2.32. The summed E-state index contributed by atoms with van der Waals surface area (Å²) in [6, 6.07) is 20.6. The SMILES string of the molecule is OCC(O)CNCC(c1ccccc1)c1ccccc1. The molecule has 0 aliphatic heterocycles. The molecule has 0 aliphatic rings. The fourth-order valence-electron chi connectivity index (χ4n) is 2.26.